The fraction of sp³-hybridized carbons (Fsp3) is 0.259. The lowest BCUT2D eigenvalue weighted by Gasteiger charge is -2.24. The fourth-order valence-corrected chi connectivity index (χ4v) is 4.56. The van der Waals surface area contributed by atoms with Crippen molar-refractivity contribution in [3.63, 3.8) is 0 Å². The molecule has 184 valence electrons. The summed E-state index contributed by atoms with van der Waals surface area (Å²) >= 11 is 0. The van der Waals surface area contributed by atoms with Crippen LogP contribution in [0.3, 0.4) is 0 Å². The highest BCUT2D eigenvalue weighted by atomic mass is 16.5. The number of rotatable bonds is 5. The summed E-state index contributed by atoms with van der Waals surface area (Å²) in [5, 5.41) is 0.292. The highest BCUT2D eigenvalue weighted by molar-refractivity contribution is 5.91. The lowest BCUT2D eigenvalue weighted by atomic mass is 9.94. The second-order valence-electron chi connectivity index (χ2n) is 8.49. The number of carbonyl (C=O) groups excluding carboxylic acids is 2. The molecule has 36 heavy (non-hydrogen) atoms. The van der Waals surface area contributed by atoms with Gasteiger partial charge in [0.05, 0.1) is 43.2 Å². The number of nitrogens with one attached hydrogen (secondary N) is 1. The molecule has 0 amide bonds. The molecule has 1 aromatic heterocycles. The Labute approximate surface area is 206 Å². The van der Waals surface area contributed by atoms with Crippen LogP contribution in [0.2, 0.25) is 0 Å². The third-order valence-electron chi connectivity index (χ3n) is 6.29. The molecular weight excluding hydrogens is 462 g/mol. The topological polar surface area (TPSA) is 112 Å². The van der Waals surface area contributed by atoms with Gasteiger partial charge in [0.25, 0.3) is 5.56 Å². The van der Waals surface area contributed by atoms with Crippen molar-refractivity contribution in [2.75, 3.05) is 20.3 Å². The maximum absolute atomic E-state index is 13.7. The number of esters is 2. The second kappa shape index (κ2) is 9.33. The fourth-order valence-electron chi connectivity index (χ4n) is 4.56. The number of hydrogen-bond acceptors (Lipinski definition) is 7. The summed E-state index contributed by atoms with van der Waals surface area (Å²) in [6.45, 7) is 4.26. The SMILES string of the molecule is CCOC(=O)C1=C(C)N=c2[nH]/c(=C\c3ccc(C(=O)OC)cc3)c(=O)n2C1c1ccc2c(c1)OCC2. The number of carbonyl (C=O) groups is 2. The van der Waals surface area contributed by atoms with Crippen LogP contribution in [-0.2, 0) is 20.7 Å². The average Bonchev–Trinajstić information content (AvgIpc) is 3.47. The van der Waals surface area contributed by atoms with E-state index in [1.807, 2.05) is 18.2 Å². The summed E-state index contributed by atoms with van der Waals surface area (Å²) in [5.74, 6) is -0.212. The van der Waals surface area contributed by atoms with Crippen LogP contribution in [0.1, 0.15) is 46.9 Å². The van der Waals surface area contributed by atoms with E-state index in [1.165, 1.54) is 11.7 Å². The largest absolute Gasteiger partial charge is 0.493 e. The highest BCUT2D eigenvalue weighted by Gasteiger charge is 2.34. The zero-order chi connectivity index (χ0) is 25.4. The molecule has 3 heterocycles. The minimum atomic E-state index is -0.737. The lowest BCUT2D eigenvalue weighted by molar-refractivity contribution is -0.139. The van der Waals surface area contributed by atoms with Gasteiger partial charge in [-0.05, 0) is 54.8 Å². The first-order chi connectivity index (χ1) is 17.4. The maximum Gasteiger partial charge on any atom is 0.338 e. The van der Waals surface area contributed by atoms with E-state index in [2.05, 4.69) is 9.98 Å². The molecule has 2 aliphatic heterocycles. The summed E-state index contributed by atoms with van der Waals surface area (Å²) in [7, 11) is 1.32. The van der Waals surface area contributed by atoms with Gasteiger partial charge >= 0.3 is 11.9 Å². The van der Waals surface area contributed by atoms with Crippen LogP contribution in [0.25, 0.3) is 6.08 Å². The van der Waals surface area contributed by atoms with Gasteiger partial charge in [0.2, 0.25) is 5.62 Å². The van der Waals surface area contributed by atoms with Crippen molar-refractivity contribution in [3.05, 3.63) is 97.3 Å². The molecule has 9 nitrogen and oxygen atoms in total. The number of benzene rings is 2. The van der Waals surface area contributed by atoms with E-state index in [9.17, 15) is 14.4 Å². The molecule has 0 radical (unpaired) electrons. The molecule has 1 atom stereocenters. The van der Waals surface area contributed by atoms with Crippen molar-refractivity contribution in [3.8, 4) is 5.75 Å². The molecular formula is C27H25N3O6. The first-order valence-corrected chi connectivity index (χ1v) is 11.6. The van der Waals surface area contributed by atoms with Crippen LogP contribution < -0.4 is 21.3 Å². The van der Waals surface area contributed by atoms with Gasteiger partial charge in [-0.25, -0.2) is 14.6 Å². The molecule has 1 unspecified atom stereocenters. The number of fused-ring (bicyclic) bond motifs is 2. The highest BCUT2D eigenvalue weighted by Crippen LogP contribution is 2.35. The lowest BCUT2D eigenvalue weighted by Crippen LogP contribution is -2.40. The number of allylic oxidation sites excluding steroid dienone is 1. The van der Waals surface area contributed by atoms with Gasteiger partial charge in [-0.1, -0.05) is 24.3 Å². The predicted molar refractivity (Wildman–Crippen MR) is 130 cm³/mol. The smallest absolute Gasteiger partial charge is 0.338 e. The molecule has 0 fully saturated rings. The van der Waals surface area contributed by atoms with E-state index < -0.39 is 18.0 Å². The van der Waals surface area contributed by atoms with Crippen molar-refractivity contribution in [1.29, 1.82) is 0 Å². The number of H-pyrrole nitrogens is 1. The van der Waals surface area contributed by atoms with Crippen molar-refractivity contribution in [2.24, 2.45) is 4.99 Å². The van der Waals surface area contributed by atoms with E-state index in [-0.39, 0.29) is 12.2 Å². The summed E-state index contributed by atoms with van der Waals surface area (Å²) < 4.78 is 17.3. The van der Waals surface area contributed by atoms with Crippen LogP contribution in [0, 0.1) is 0 Å². The standard InChI is InChI=1S/C27H25N3O6/c1-4-35-26(33)22-15(2)28-27-29-20(13-16-5-7-18(8-6-16)25(32)34-3)24(31)30(27)23(22)19-10-9-17-11-12-36-21(17)14-19/h5-10,13-14,23H,4,11-12H2,1-3H3,(H,28,29)/b20-13-. The quantitative estimate of drug-likeness (QED) is 0.549. The third-order valence-corrected chi connectivity index (χ3v) is 6.29. The Morgan fingerprint density at radius 3 is 2.69 bits per heavy atom. The first kappa shape index (κ1) is 23.3. The summed E-state index contributed by atoms with van der Waals surface area (Å²) in [5.41, 5.74) is 3.68. The van der Waals surface area contributed by atoms with Gasteiger partial charge in [0, 0.05) is 6.42 Å². The Hall–Kier alpha value is -4.40. The normalized spacial score (nSPS) is 16.6. The Morgan fingerprint density at radius 2 is 1.97 bits per heavy atom. The zero-order valence-electron chi connectivity index (χ0n) is 20.2. The van der Waals surface area contributed by atoms with Gasteiger partial charge < -0.3 is 19.2 Å². The Kier molecular flexibility index (Phi) is 6.05. The van der Waals surface area contributed by atoms with Crippen LogP contribution in [0.15, 0.2) is 63.5 Å². The molecule has 0 saturated heterocycles. The van der Waals surface area contributed by atoms with Crippen LogP contribution in [0.4, 0.5) is 0 Å². The van der Waals surface area contributed by atoms with Crippen molar-refractivity contribution in [2.45, 2.75) is 26.3 Å². The Balaban J connectivity index is 1.66. The van der Waals surface area contributed by atoms with Crippen LogP contribution >= 0.6 is 0 Å². The van der Waals surface area contributed by atoms with Crippen molar-refractivity contribution in [1.82, 2.24) is 9.55 Å². The molecule has 9 heteroatoms. The minimum Gasteiger partial charge on any atom is -0.493 e. The molecule has 0 spiro atoms. The monoisotopic (exact) mass is 487 g/mol. The first-order valence-electron chi connectivity index (χ1n) is 11.6. The Morgan fingerprint density at radius 1 is 1.19 bits per heavy atom. The number of aromatic amines is 1. The molecule has 2 aliphatic rings. The number of aromatic nitrogens is 2. The van der Waals surface area contributed by atoms with E-state index in [0.29, 0.717) is 40.0 Å². The van der Waals surface area contributed by atoms with Gasteiger partial charge in [-0.2, -0.15) is 0 Å². The Bertz CT molecular complexity index is 1580. The summed E-state index contributed by atoms with van der Waals surface area (Å²) in [6, 6.07) is 11.7. The summed E-state index contributed by atoms with van der Waals surface area (Å²) in [4.78, 5) is 46.0. The van der Waals surface area contributed by atoms with Gasteiger partial charge in [0.1, 0.15) is 11.1 Å². The minimum absolute atomic E-state index is 0.200. The molecule has 5 rings (SSSR count). The number of methoxy groups -OCH3 is 1. The van der Waals surface area contributed by atoms with E-state index in [0.717, 1.165) is 23.3 Å². The third kappa shape index (κ3) is 4.02. The molecule has 2 aromatic carbocycles. The summed E-state index contributed by atoms with van der Waals surface area (Å²) in [6.07, 6.45) is 2.49. The van der Waals surface area contributed by atoms with Gasteiger partial charge in [-0.15, -0.1) is 0 Å². The average molecular weight is 488 g/mol. The number of nitrogens with zero attached hydrogens (tertiary/aromatic N) is 2. The van der Waals surface area contributed by atoms with Gasteiger partial charge in [-0.3, -0.25) is 9.36 Å². The van der Waals surface area contributed by atoms with Crippen molar-refractivity contribution >= 4 is 18.0 Å². The van der Waals surface area contributed by atoms with Crippen molar-refractivity contribution < 1.29 is 23.8 Å². The molecule has 0 aliphatic carbocycles. The molecule has 0 saturated carbocycles. The van der Waals surface area contributed by atoms with Crippen LogP contribution in [-0.4, -0.2) is 41.8 Å². The van der Waals surface area contributed by atoms with Gasteiger partial charge in [0.15, 0.2) is 0 Å². The van der Waals surface area contributed by atoms with Crippen LogP contribution in [0.5, 0.6) is 5.75 Å². The predicted octanol–water partition coefficient (Wildman–Crippen LogP) is 1.79. The van der Waals surface area contributed by atoms with E-state index in [4.69, 9.17) is 14.2 Å². The van der Waals surface area contributed by atoms with E-state index >= 15 is 0 Å². The molecule has 0 bridgehead atoms. The van der Waals surface area contributed by atoms with E-state index in [1.54, 1.807) is 44.2 Å². The second-order valence-corrected chi connectivity index (χ2v) is 8.49. The number of ether oxygens (including phenoxy) is 3. The number of hydrogen-bond donors (Lipinski definition) is 1. The maximum atomic E-state index is 13.7. The zero-order valence-corrected chi connectivity index (χ0v) is 20.2. The molecule has 1 N–H and O–H groups in total. The molecule has 3 aromatic rings. The number of imidazole rings is 1.